The Labute approximate surface area is 142 Å². The zero-order valence-electron chi connectivity index (χ0n) is 12.6. The number of carboxylic acid groups (broad SMARTS) is 1. The molecule has 0 radical (unpaired) electrons. The van der Waals surface area contributed by atoms with E-state index < -0.39 is 11.9 Å². The van der Waals surface area contributed by atoms with Gasteiger partial charge in [-0.05, 0) is 65.2 Å². The second-order valence-corrected chi connectivity index (χ2v) is 5.84. The van der Waals surface area contributed by atoms with Crippen LogP contribution in [0.15, 0.2) is 40.9 Å². The molecule has 2 aromatic carbocycles. The Morgan fingerprint density at radius 2 is 1.83 bits per heavy atom. The Hall–Kier alpha value is -2.34. The molecule has 0 amide bonds. The average Bonchev–Trinajstić information content (AvgIpc) is 2.50. The van der Waals surface area contributed by atoms with Crippen molar-refractivity contribution in [3.8, 4) is 11.5 Å². The lowest BCUT2D eigenvalue weighted by atomic mass is 10.1. The van der Waals surface area contributed by atoms with E-state index in [9.17, 15) is 9.59 Å². The highest BCUT2D eigenvalue weighted by atomic mass is 79.9. The molecule has 0 saturated carbocycles. The number of carboxylic acids is 1. The largest absolute Gasteiger partial charge is 0.482 e. The standard InChI is InChI=1S/C17H15BrO5/c1-10-3-4-11(2)15(7-10)22-9-16(19)23-14-6-5-12(17(20)21)8-13(14)18/h3-8H,9H2,1-2H3,(H,20,21). The molecular formula is C17H15BrO5. The maximum atomic E-state index is 11.9. The van der Waals surface area contributed by atoms with Crippen LogP contribution in [-0.2, 0) is 4.79 Å². The number of esters is 1. The quantitative estimate of drug-likeness (QED) is 0.633. The van der Waals surface area contributed by atoms with Crippen LogP contribution in [-0.4, -0.2) is 23.7 Å². The summed E-state index contributed by atoms with van der Waals surface area (Å²) in [7, 11) is 0. The van der Waals surface area contributed by atoms with E-state index >= 15 is 0 Å². The summed E-state index contributed by atoms with van der Waals surface area (Å²) in [4.78, 5) is 22.7. The average molecular weight is 379 g/mol. The van der Waals surface area contributed by atoms with E-state index in [0.717, 1.165) is 11.1 Å². The van der Waals surface area contributed by atoms with Crippen molar-refractivity contribution < 1.29 is 24.2 Å². The van der Waals surface area contributed by atoms with Gasteiger partial charge in [-0.1, -0.05) is 12.1 Å². The number of halogens is 1. The van der Waals surface area contributed by atoms with Gasteiger partial charge in [-0.3, -0.25) is 0 Å². The molecule has 23 heavy (non-hydrogen) atoms. The second-order valence-electron chi connectivity index (χ2n) is 4.98. The van der Waals surface area contributed by atoms with Crippen LogP contribution in [0.25, 0.3) is 0 Å². The van der Waals surface area contributed by atoms with Gasteiger partial charge in [0.1, 0.15) is 11.5 Å². The first-order valence-electron chi connectivity index (χ1n) is 6.80. The van der Waals surface area contributed by atoms with Crippen molar-refractivity contribution in [1.29, 1.82) is 0 Å². The number of carbonyl (C=O) groups excluding carboxylic acids is 1. The van der Waals surface area contributed by atoms with Gasteiger partial charge in [0.2, 0.25) is 0 Å². The predicted octanol–water partition coefficient (Wildman–Crippen LogP) is 3.75. The van der Waals surface area contributed by atoms with Crippen molar-refractivity contribution in [2.75, 3.05) is 6.61 Å². The van der Waals surface area contributed by atoms with Gasteiger partial charge in [-0.2, -0.15) is 0 Å². The number of aromatic carboxylic acids is 1. The van der Waals surface area contributed by atoms with E-state index in [1.165, 1.54) is 18.2 Å². The zero-order chi connectivity index (χ0) is 17.0. The van der Waals surface area contributed by atoms with Crippen molar-refractivity contribution in [1.82, 2.24) is 0 Å². The smallest absolute Gasteiger partial charge is 0.349 e. The van der Waals surface area contributed by atoms with E-state index in [0.29, 0.717) is 10.2 Å². The van der Waals surface area contributed by atoms with Crippen molar-refractivity contribution >= 4 is 27.9 Å². The summed E-state index contributed by atoms with van der Waals surface area (Å²) in [5, 5.41) is 8.89. The van der Waals surface area contributed by atoms with E-state index in [2.05, 4.69) is 15.9 Å². The first-order chi connectivity index (χ1) is 10.9. The molecule has 0 aliphatic heterocycles. The van der Waals surface area contributed by atoms with Crippen molar-refractivity contribution in [2.24, 2.45) is 0 Å². The number of aryl methyl sites for hydroxylation is 2. The number of hydrogen-bond donors (Lipinski definition) is 1. The third kappa shape index (κ3) is 4.56. The molecule has 2 aromatic rings. The van der Waals surface area contributed by atoms with Gasteiger partial charge < -0.3 is 14.6 Å². The highest BCUT2D eigenvalue weighted by Crippen LogP contribution is 2.26. The van der Waals surface area contributed by atoms with Gasteiger partial charge in [0.05, 0.1) is 10.0 Å². The Kier molecular flexibility index (Phi) is 5.39. The summed E-state index contributed by atoms with van der Waals surface area (Å²) >= 11 is 3.18. The molecule has 0 spiro atoms. The Morgan fingerprint density at radius 3 is 2.48 bits per heavy atom. The third-order valence-electron chi connectivity index (χ3n) is 3.09. The van der Waals surface area contributed by atoms with Gasteiger partial charge in [0, 0.05) is 0 Å². The number of rotatable bonds is 5. The summed E-state index contributed by atoms with van der Waals surface area (Å²) in [6, 6.07) is 9.88. The number of ether oxygens (including phenoxy) is 2. The minimum absolute atomic E-state index is 0.100. The summed E-state index contributed by atoms with van der Waals surface area (Å²) in [5.74, 6) is -0.761. The molecule has 0 aliphatic carbocycles. The van der Waals surface area contributed by atoms with Gasteiger partial charge in [-0.25, -0.2) is 9.59 Å². The van der Waals surface area contributed by atoms with Crippen LogP contribution >= 0.6 is 15.9 Å². The molecule has 2 rings (SSSR count). The van der Waals surface area contributed by atoms with E-state index in [4.69, 9.17) is 14.6 Å². The minimum Gasteiger partial charge on any atom is -0.482 e. The number of carbonyl (C=O) groups is 2. The molecule has 6 heteroatoms. The van der Waals surface area contributed by atoms with E-state index in [1.807, 2.05) is 32.0 Å². The first-order valence-corrected chi connectivity index (χ1v) is 7.59. The molecule has 5 nitrogen and oxygen atoms in total. The molecule has 0 aliphatic rings. The predicted molar refractivity (Wildman–Crippen MR) is 88.1 cm³/mol. The van der Waals surface area contributed by atoms with Crippen LogP contribution in [0.3, 0.4) is 0 Å². The maximum Gasteiger partial charge on any atom is 0.349 e. The first kappa shape index (κ1) is 17.0. The molecular weight excluding hydrogens is 364 g/mol. The summed E-state index contributed by atoms with van der Waals surface area (Å²) in [6.45, 7) is 3.59. The van der Waals surface area contributed by atoms with Crippen LogP contribution in [0.1, 0.15) is 21.5 Å². The molecule has 0 saturated heterocycles. The molecule has 0 aromatic heterocycles. The molecule has 0 bridgehead atoms. The second kappa shape index (κ2) is 7.28. The van der Waals surface area contributed by atoms with E-state index in [-0.39, 0.29) is 17.9 Å². The Morgan fingerprint density at radius 1 is 1.09 bits per heavy atom. The molecule has 0 fully saturated rings. The molecule has 0 unspecified atom stereocenters. The highest BCUT2D eigenvalue weighted by molar-refractivity contribution is 9.10. The lowest BCUT2D eigenvalue weighted by Gasteiger charge is -2.10. The minimum atomic E-state index is -1.05. The van der Waals surface area contributed by atoms with Crippen LogP contribution in [0.2, 0.25) is 0 Å². The van der Waals surface area contributed by atoms with Gasteiger partial charge in [0.15, 0.2) is 6.61 Å². The van der Waals surface area contributed by atoms with Crippen LogP contribution in [0.4, 0.5) is 0 Å². The molecule has 1 N–H and O–H groups in total. The summed E-state index contributed by atoms with van der Waals surface area (Å²) in [6.07, 6.45) is 0. The maximum absolute atomic E-state index is 11.9. The highest BCUT2D eigenvalue weighted by Gasteiger charge is 2.12. The molecule has 0 atom stereocenters. The van der Waals surface area contributed by atoms with Crippen molar-refractivity contribution in [3.05, 3.63) is 57.6 Å². The van der Waals surface area contributed by atoms with Crippen molar-refractivity contribution in [3.63, 3.8) is 0 Å². The van der Waals surface area contributed by atoms with Gasteiger partial charge in [-0.15, -0.1) is 0 Å². The monoisotopic (exact) mass is 378 g/mol. The summed E-state index contributed by atoms with van der Waals surface area (Å²) < 4.78 is 11.0. The Bertz CT molecular complexity index is 755. The lowest BCUT2D eigenvalue weighted by Crippen LogP contribution is -2.18. The topological polar surface area (TPSA) is 72.8 Å². The van der Waals surface area contributed by atoms with Crippen LogP contribution in [0, 0.1) is 13.8 Å². The van der Waals surface area contributed by atoms with Crippen LogP contribution < -0.4 is 9.47 Å². The molecule has 0 heterocycles. The fraction of sp³-hybridized carbons (Fsp3) is 0.176. The zero-order valence-corrected chi connectivity index (χ0v) is 14.2. The SMILES string of the molecule is Cc1ccc(C)c(OCC(=O)Oc2ccc(C(=O)O)cc2Br)c1. The summed E-state index contributed by atoms with van der Waals surface area (Å²) in [5.41, 5.74) is 2.06. The fourth-order valence-corrected chi connectivity index (χ4v) is 2.33. The van der Waals surface area contributed by atoms with E-state index in [1.54, 1.807) is 0 Å². The third-order valence-corrected chi connectivity index (χ3v) is 3.71. The normalized spacial score (nSPS) is 10.2. The fourth-order valence-electron chi connectivity index (χ4n) is 1.87. The van der Waals surface area contributed by atoms with Gasteiger partial charge >= 0.3 is 11.9 Å². The van der Waals surface area contributed by atoms with Crippen LogP contribution in [0.5, 0.6) is 11.5 Å². The molecule has 120 valence electrons. The Balaban J connectivity index is 2.00. The lowest BCUT2D eigenvalue weighted by molar-refractivity contribution is -0.136. The van der Waals surface area contributed by atoms with Gasteiger partial charge in [0.25, 0.3) is 0 Å². The van der Waals surface area contributed by atoms with Crippen molar-refractivity contribution in [2.45, 2.75) is 13.8 Å². The number of benzene rings is 2. The number of hydrogen-bond acceptors (Lipinski definition) is 4.